The van der Waals surface area contributed by atoms with Crippen LogP contribution in [0.5, 0.6) is 5.75 Å². The Morgan fingerprint density at radius 3 is 2.42 bits per heavy atom. The fourth-order valence-electron chi connectivity index (χ4n) is 2.65. The van der Waals surface area contributed by atoms with E-state index >= 15 is 0 Å². The molecule has 1 unspecified atom stereocenters. The maximum atomic E-state index is 12.5. The summed E-state index contributed by atoms with van der Waals surface area (Å²) in [6.45, 7) is 0.628. The van der Waals surface area contributed by atoms with E-state index in [2.05, 4.69) is 26.6 Å². The second-order valence-electron chi connectivity index (χ2n) is 5.87. The Morgan fingerprint density at radius 1 is 1.12 bits per heavy atom. The van der Waals surface area contributed by atoms with Crippen LogP contribution in [-0.2, 0) is 9.53 Å². The summed E-state index contributed by atoms with van der Waals surface area (Å²) in [4.78, 5) is 24.5. The Kier molecular flexibility index (Phi) is 5.90. The normalized spacial score (nSPS) is 16.2. The standard InChI is InChI=1S/C19H19BrN2O4/c1-25-14-8-9-16(20)15(11-14)18(23)21-12-4-6-13(7-5-12)22-19(24)17-3-2-10-26-17/h4-9,11,17H,2-3,10H2,1H3,(H,21,23)(H,22,24). The Balaban J connectivity index is 1.63. The first-order chi connectivity index (χ1) is 12.6. The van der Waals surface area contributed by atoms with Crippen molar-refractivity contribution in [2.24, 2.45) is 0 Å². The van der Waals surface area contributed by atoms with Gasteiger partial charge in [0, 0.05) is 22.5 Å². The van der Waals surface area contributed by atoms with E-state index in [-0.39, 0.29) is 17.9 Å². The van der Waals surface area contributed by atoms with E-state index in [9.17, 15) is 9.59 Å². The van der Waals surface area contributed by atoms with Crippen molar-refractivity contribution < 1.29 is 19.1 Å². The fraction of sp³-hybridized carbons (Fsp3) is 0.263. The highest BCUT2D eigenvalue weighted by molar-refractivity contribution is 9.10. The van der Waals surface area contributed by atoms with Crippen molar-refractivity contribution in [1.82, 2.24) is 0 Å². The SMILES string of the molecule is COc1ccc(Br)c(C(=O)Nc2ccc(NC(=O)C3CCCO3)cc2)c1. The minimum atomic E-state index is -0.375. The van der Waals surface area contributed by atoms with E-state index in [1.54, 1.807) is 49.6 Å². The summed E-state index contributed by atoms with van der Waals surface area (Å²) in [5.74, 6) is 0.206. The van der Waals surface area contributed by atoms with Gasteiger partial charge in [0.15, 0.2) is 0 Å². The van der Waals surface area contributed by atoms with Gasteiger partial charge < -0.3 is 20.1 Å². The first-order valence-corrected chi connectivity index (χ1v) is 9.03. The summed E-state index contributed by atoms with van der Waals surface area (Å²) < 4.78 is 11.2. The maximum Gasteiger partial charge on any atom is 0.256 e. The van der Waals surface area contributed by atoms with Crippen molar-refractivity contribution in [3.05, 3.63) is 52.5 Å². The molecule has 0 spiro atoms. The largest absolute Gasteiger partial charge is 0.497 e. The average Bonchev–Trinajstić information content (AvgIpc) is 3.18. The van der Waals surface area contributed by atoms with Gasteiger partial charge in [-0.2, -0.15) is 0 Å². The molecule has 0 saturated carbocycles. The van der Waals surface area contributed by atoms with Crippen LogP contribution in [0.4, 0.5) is 11.4 Å². The van der Waals surface area contributed by atoms with E-state index < -0.39 is 0 Å². The van der Waals surface area contributed by atoms with Crippen LogP contribution in [0.15, 0.2) is 46.9 Å². The number of anilines is 2. The van der Waals surface area contributed by atoms with Crippen LogP contribution in [0.1, 0.15) is 23.2 Å². The Hall–Kier alpha value is -2.38. The number of hydrogen-bond acceptors (Lipinski definition) is 4. The number of halogens is 1. The van der Waals surface area contributed by atoms with Crippen LogP contribution in [-0.4, -0.2) is 31.6 Å². The number of nitrogens with one attached hydrogen (secondary N) is 2. The fourth-order valence-corrected chi connectivity index (χ4v) is 3.07. The van der Waals surface area contributed by atoms with E-state index in [0.29, 0.717) is 33.8 Å². The van der Waals surface area contributed by atoms with Crippen LogP contribution in [0, 0.1) is 0 Å². The summed E-state index contributed by atoms with van der Waals surface area (Å²) >= 11 is 3.37. The van der Waals surface area contributed by atoms with Gasteiger partial charge in [-0.25, -0.2) is 0 Å². The third-order valence-electron chi connectivity index (χ3n) is 4.05. The van der Waals surface area contributed by atoms with Crippen molar-refractivity contribution in [2.75, 3.05) is 24.4 Å². The smallest absolute Gasteiger partial charge is 0.256 e. The lowest BCUT2D eigenvalue weighted by molar-refractivity contribution is -0.124. The van der Waals surface area contributed by atoms with Crippen molar-refractivity contribution in [3.8, 4) is 5.75 Å². The van der Waals surface area contributed by atoms with Gasteiger partial charge in [-0.3, -0.25) is 9.59 Å². The first kappa shape index (κ1) is 18.4. The second-order valence-corrected chi connectivity index (χ2v) is 6.72. The highest BCUT2D eigenvalue weighted by Crippen LogP contribution is 2.24. The van der Waals surface area contributed by atoms with Gasteiger partial charge in [0.25, 0.3) is 11.8 Å². The van der Waals surface area contributed by atoms with Gasteiger partial charge in [-0.1, -0.05) is 0 Å². The highest BCUT2D eigenvalue weighted by atomic mass is 79.9. The number of rotatable bonds is 5. The predicted molar refractivity (Wildman–Crippen MR) is 103 cm³/mol. The minimum absolute atomic E-state index is 0.139. The number of carbonyl (C=O) groups is 2. The number of carbonyl (C=O) groups excluding carboxylic acids is 2. The molecule has 0 aliphatic carbocycles. The molecule has 1 aliphatic heterocycles. The molecule has 1 saturated heterocycles. The van der Waals surface area contributed by atoms with Crippen molar-refractivity contribution >= 4 is 39.1 Å². The average molecular weight is 419 g/mol. The monoisotopic (exact) mass is 418 g/mol. The number of benzene rings is 2. The van der Waals surface area contributed by atoms with Crippen molar-refractivity contribution in [2.45, 2.75) is 18.9 Å². The zero-order chi connectivity index (χ0) is 18.5. The van der Waals surface area contributed by atoms with Crippen LogP contribution in [0.2, 0.25) is 0 Å². The van der Waals surface area contributed by atoms with Crippen LogP contribution in [0.3, 0.4) is 0 Å². The molecule has 2 N–H and O–H groups in total. The van der Waals surface area contributed by atoms with E-state index in [1.807, 2.05) is 0 Å². The van der Waals surface area contributed by atoms with Crippen LogP contribution < -0.4 is 15.4 Å². The Bertz CT molecular complexity index is 802. The summed E-state index contributed by atoms with van der Waals surface area (Å²) in [5, 5.41) is 5.64. The third kappa shape index (κ3) is 4.42. The molecule has 0 bridgehead atoms. The molecule has 2 amide bonds. The first-order valence-electron chi connectivity index (χ1n) is 8.24. The molecule has 1 atom stereocenters. The number of ether oxygens (including phenoxy) is 2. The molecule has 0 aromatic heterocycles. The molecule has 136 valence electrons. The molecule has 1 heterocycles. The van der Waals surface area contributed by atoms with Crippen LogP contribution in [0.25, 0.3) is 0 Å². The Morgan fingerprint density at radius 2 is 1.81 bits per heavy atom. The van der Waals surface area contributed by atoms with E-state index in [1.165, 1.54) is 0 Å². The lowest BCUT2D eigenvalue weighted by Crippen LogP contribution is -2.26. The molecule has 26 heavy (non-hydrogen) atoms. The van der Waals surface area contributed by atoms with Gasteiger partial charge in [-0.15, -0.1) is 0 Å². The molecule has 2 aromatic carbocycles. The lowest BCUT2D eigenvalue weighted by Gasteiger charge is -2.12. The van der Waals surface area contributed by atoms with Crippen molar-refractivity contribution in [3.63, 3.8) is 0 Å². The molecule has 6 nitrogen and oxygen atoms in total. The summed E-state index contributed by atoms with van der Waals surface area (Å²) in [7, 11) is 1.55. The molecule has 0 radical (unpaired) electrons. The summed E-state index contributed by atoms with van der Waals surface area (Å²) in [6, 6.07) is 12.1. The third-order valence-corrected chi connectivity index (χ3v) is 4.74. The topological polar surface area (TPSA) is 76.7 Å². The summed E-state index contributed by atoms with van der Waals surface area (Å²) in [5.41, 5.74) is 1.76. The molecule has 1 aliphatic rings. The number of hydrogen-bond donors (Lipinski definition) is 2. The molecule has 1 fully saturated rings. The zero-order valence-electron chi connectivity index (χ0n) is 14.3. The van der Waals surface area contributed by atoms with Gasteiger partial charge in [0.1, 0.15) is 11.9 Å². The van der Waals surface area contributed by atoms with Gasteiger partial charge in [-0.05, 0) is 71.2 Å². The van der Waals surface area contributed by atoms with E-state index in [0.717, 1.165) is 12.8 Å². The number of amides is 2. The molecule has 3 rings (SSSR count). The quantitative estimate of drug-likeness (QED) is 0.773. The minimum Gasteiger partial charge on any atom is -0.497 e. The molecular formula is C19H19BrN2O4. The van der Waals surface area contributed by atoms with Crippen molar-refractivity contribution in [1.29, 1.82) is 0 Å². The lowest BCUT2D eigenvalue weighted by atomic mass is 10.2. The molecular weight excluding hydrogens is 400 g/mol. The summed E-state index contributed by atoms with van der Waals surface area (Å²) in [6.07, 6.45) is 1.28. The Labute approximate surface area is 160 Å². The molecule has 2 aromatic rings. The maximum absolute atomic E-state index is 12.5. The van der Waals surface area contributed by atoms with Crippen LogP contribution >= 0.6 is 15.9 Å². The zero-order valence-corrected chi connectivity index (χ0v) is 15.8. The van der Waals surface area contributed by atoms with Gasteiger partial charge in [0.05, 0.1) is 12.7 Å². The molecule has 7 heteroatoms. The highest BCUT2D eigenvalue weighted by Gasteiger charge is 2.23. The van der Waals surface area contributed by atoms with Gasteiger partial charge >= 0.3 is 0 Å². The number of methoxy groups -OCH3 is 1. The predicted octanol–water partition coefficient (Wildman–Crippen LogP) is 3.83. The van der Waals surface area contributed by atoms with E-state index in [4.69, 9.17) is 9.47 Å². The second kappa shape index (κ2) is 8.33. The van der Waals surface area contributed by atoms with Gasteiger partial charge in [0.2, 0.25) is 0 Å².